The van der Waals surface area contributed by atoms with Gasteiger partial charge in [-0.2, -0.15) is 0 Å². The quantitative estimate of drug-likeness (QED) is 0.630. The number of rotatable bonds is 4. The lowest BCUT2D eigenvalue weighted by Crippen LogP contribution is -1.98. The van der Waals surface area contributed by atoms with E-state index in [0.717, 1.165) is 16.8 Å². The summed E-state index contributed by atoms with van der Waals surface area (Å²) >= 11 is 5.91. The Bertz CT molecular complexity index is 704. The van der Waals surface area contributed by atoms with Crippen molar-refractivity contribution in [3.63, 3.8) is 0 Å². The van der Waals surface area contributed by atoms with Gasteiger partial charge in [-0.1, -0.05) is 23.7 Å². The zero-order valence-electron chi connectivity index (χ0n) is 12.4. The van der Waals surface area contributed by atoms with Crippen molar-refractivity contribution in [2.24, 2.45) is 0 Å². The molecule has 2 rings (SSSR count). The highest BCUT2D eigenvalue weighted by molar-refractivity contribution is 6.30. The number of carbonyl (C=O) groups is 1. The average molecular weight is 300 g/mol. The molecule has 0 aliphatic carbocycles. The minimum atomic E-state index is -0.0165. The summed E-state index contributed by atoms with van der Waals surface area (Å²) in [6.45, 7) is 6.00. The third-order valence-corrected chi connectivity index (χ3v) is 3.69. The van der Waals surface area contributed by atoms with Crippen LogP contribution in [0.5, 0.6) is 0 Å². The van der Waals surface area contributed by atoms with Gasteiger partial charge in [-0.3, -0.25) is 4.79 Å². The van der Waals surface area contributed by atoms with Gasteiger partial charge in [0.15, 0.2) is 5.78 Å². The van der Waals surface area contributed by atoms with Crippen molar-refractivity contribution in [2.75, 3.05) is 5.32 Å². The van der Waals surface area contributed by atoms with E-state index in [9.17, 15) is 4.79 Å². The normalized spacial score (nSPS) is 10.9. The molecule has 0 aliphatic rings. The topological polar surface area (TPSA) is 29.1 Å². The lowest BCUT2D eigenvalue weighted by molar-refractivity contribution is 0.104. The molecule has 2 aromatic carbocycles. The number of hydrogen-bond donors (Lipinski definition) is 1. The first-order valence-corrected chi connectivity index (χ1v) is 7.16. The number of hydrogen-bond acceptors (Lipinski definition) is 2. The number of aryl methyl sites for hydroxylation is 3. The van der Waals surface area contributed by atoms with Gasteiger partial charge in [0.1, 0.15) is 0 Å². The van der Waals surface area contributed by atoms with Crippen LogP contribution in [0.1, 0.15) is 27.0 Å². The number of carbonyl (C=O) groups excluding carboxylic acids is 1. The molecule has 3 heteroatoms. The Kier molecular flexibility index (Phi) is 4.81. The van der Waals surface area contributed by atoms with E-state index >= 15 is 0 Å². The lowest BCUT2D eigenvalue weighted by atomic mass is 10.0. The monoisotopic (exact) mass is 299 g/mol. The number of anilines is 1. The third kappa shape index (κ3) is 3.96. The molecule has 0 amide bonds. The molecule has 1 N–H and O–H groups in total. The van der Waals surface area contributed by atoms with Crippen LogP contribution in [0.15, 0.2) is 48.7 Å². The van der Waals surface area contributed by atoms with Gasteiger partial charge in [-0.05, 0) is 61.7 Å². The van der Waals surface area contributed by atoms with Crippen LogP contribution in [0.25, 0.3) is 0 Å². The molecule has 0 aliphatic heterocycles. The van der Waals surface area contributed by atoms with E-state index in [-0.39, 0.29) is 5.78 Å². The van der Waals surface area contributed by atoms with Gasteiger partial charge in [0.2, 0.25) is 0 Å². The van der Waals surface area contributed by atoms with Crippen molar-refractivity contribution in [1.29, 1.82) is 0 Å². The minimum Gasteiger partial charge on any atom is -0.361 e. The molecule has 0 bridgehead atoms. The first kappa shape index (κ1) is 15.3. The summed E-state index contributed by atoms with van der Waals surface area (Å²) in [6, 6.07) is 11.3. The average Bonchev–Trinajstić information content (AvgIpc) is 2.44. The molecule has 0 unspecified atom stereocenters. The molecule has 0 heterocycles. The van der Waals surface area contributed by atoms with Crippen molar-refractivity contribution >= 4 is 23.1 Å². The van der Waals surface area contributed by atoms with Gasteiger partial charge in [0.25, 0.3) is 0 Å². The molecule has 0 saturated heterocycles. The smallest absolute Gasteiger partial charge is 0.187 e. The largest absolute Gasteiger partial charge is 0.361 e. The van der Waals surface area contributed by atoms with Gasteiger partial charge in [-0.25, -0.2) is 0 Å². The van der Waals surface area contributed by atoms with Gasteiger partial charge in [0, 0.05) is 28.5 Å². The van der Waals surface area contributed by atoms with Gasteiger partial charge in [-0.15, -0.1) is 0 Å². The first-order valence-electron chi connectivity index (χ1n) is 6.78. The highest BCUT2D eigenvalue weighted by Gasteiger charge is 2.03. The van der Waals surface area contributed by atoms with Crippen molar-refractivity contribution in [1.82, 2.24) is 0 Å². The molecule has 2 nitrogen and oxygen atoms in total. The van der Waals surface area contributed by atoms with Gasteiger partial charge in [0.05, 0.1) is 0 Å². The molecule has 2 aromatic rings. The fraction of sp³-hybridized carbons (Fsp3) is 0.167. The number of nitrogens with one attached hydrogen (secondary N) is 1. The molecule has 0 aromatic heterocycles. The van der Waals surface area contributed by atoms with Crippen LogP contribution >= 0.6 is 11.6 Å². The van der Waals surface area contributed by atoms with E-state index in [4.69, 9.17) is 11.6 Å². The second-order valence-electron chi connectivity index (χ2n) is 5.10. The predicted molar refractivity (Wildman–Crippen MR) is 89.2 cm³/mol. The van der Waals surface area contributed by atoms with Crippen LogP contribution in [-0.4, -0.2) is 5.78 Å². The SMILES string of the molecule is Cc1ccc(C(=O)C=CNc2ccc(Cl)cc2C)cc1C. The van der Waals surface area contributed by atoms with Crippen molar-refractivity contribution in [3.8, 4) is 0 Å². The maximum Gasteiger partial charge on any atom is 0.187 e. The molecule has 0 fully saturated rings. The molecule has 0 saturated carbocycles. The summed E-state index contributed by atoms with van der Waals surface area (Å²) in [4.78, 5) is 12.1. The summed E-state index contributed by atoms with van der Waals surface area (Å²) in [5.74, 6) is -0.0165. The molecule has 21 heavy (non-hydrogen) atoms. The van der Waals surface area contributed by atoms with E-state index in [1.54, 1.807) is 6.20 Å². The zero-order valence-corrected chi connectivity index (χ0v) is 13.2. The number of ketones is 1. The van der Waals surface area contributed by atoms with Crippen LogP contribution in [0.2, 0.25) is 5.02 Å². The van der Waals surface area contributed by atoms with E-state index < -0.39 is 0 Å². The molecular weight excluding hydrogens is 282 g/mol. The Labute approximate surface area is 130 Å². The van der Waals surface area contributed by atoms with Crippen LogP contribution in [0, 0.1) is 20.8 Å². The minimum absolute atomic E-state index is 0.0165. The zero-order chi connectivity index (χ0) is 15.4. The first-order chi connectivity index (χ1) is 9.97. The second kappa shape index (κ2) is 6.59. The van der Waals surface area contributed by atoms with Crippen LogP contribution in [-0.2, 0) is 0 Å². The standard InChI is InChI=1S/C18H18ClNO/c1-12-4-5-15(10-13(12)2)18(21)8-9-20-17-7-6-16(19)11-14(17)3/h4-11,20H,1-3H3. The van der Waals surface area contributed by atoms with Crippen LogP contribution in [0.3, 0.4) is 0 Å². The fourth-order valence-corrected chi connectivity index (χ4v) is 2.21. The Morgan fingerprint density at radius 3 is 2.43 bits per heavy atom. The van der Waals surface area contributed by atoms with Crippen LogP contribution in [0.4, 0.5) is 5.69 Å². The van der Waals surface area contributed by atoms with Gasteiger partial charge >= 0.3 is 0 Å². The maximum atomic E-state index is 12.1. The second-order valence-corrected chi connectivity index (χ2v) is 5.54. The molecule has 0 radical (unpaired) electrons. The van der Waals surface area contributed by atoms with Crippen LogP contribution < -0.4 is 5.32 Å². The lowest BCUT2D eigenvalue weighted by Gasteiger charge is -2.05. The van der Waals surface area contributed by atoms with Crippen molar-refractivity contribution in [2.45, 2.75) is 20.8 Å². The molecule has 108 valence electrons. The van der Waals surface area contributed by atoms with E-state index in [2.05, 4.69) is 5.32 Å². The predicted octanol–water partition coefficient (Wildman–Crippen LogP) is 5.07. The fourth-order valence-electron chi connectivity index (χ4n) is 1.99. The summed E-state index contributed by atoms with van der Waals surface area (Å²) in [7, 11) is 0. The Morgan fingerprint density at radius 2 is 1.76 bits per heavy atom. The Hall–Kier alpha value is -2.06. The summed E-state index contributed by atoms with van der Waals surface area (Å²) < 4.78 is 0. The highest BCUT2D eigenvalue weighted by Crippen LogP contribution is 2.19. The van der Waals surface area contributed by atoms with E-state index in [0.29, 0.717) is 10.6 Å². The van der Waals surface area contributed by atoms with Gasteiger partial charge < -0.3 is 5.32 Å². The highest BCUT2D eigenvalue weighted by atomic mass is 35.5. The third-order valence-electron chi connectivity index (χ3n) is 3.45. The van der Waals surface area contributed by atoms with Crippen molar-refractivity contribution < 1.29 is 4.79 Å². The van der Waals surface area contributed by atoms with Crippen molar-refractivity contribution in [3.05, 3.63) is 76.0 Å². The summed E-state index contributed by atoms with van der Waals surface area (Å²) in [5, 5.41) is 3.81. The molecular formula is C18H18ClNO. The van der Waals surface area contributed by atoms with E-state index in [1.807, 2.05) is 57.2 Å². The summed E-state index contributed by atoms with van der Waals surface area (Å²) in [6.07, 6.45) is 3.20. The molecule has 0 spiro atoms. The Morgan fingerprint density at radius 1 is 1.00 bits per heavy atom. The number of allylic oxidation sites excluding steroid dienone is 1. The maximum absolute atomic E-state index is 12.1. The molecule has 0 atom stereocenters. The Balaban J connectivity index is 2.06. The van der Waals surface area contributed by atoms with E-state index in [1.165, 1.54) is 11.6 Å². The number of halogens is 1. The number of benzene rings is 2. The summed E-state index contributed by atoms with van der Waals surface area (Å²) in [5.41, 5.74) is 4.97.